The van der Waals surface area contributed by atoms with Crippen molar-refractivity contribution in [3.63, 3.8) is 0 Å². The molecule has 1 amide bonds. The van der Waals surface area contributed by atoms with Crippen molar-refractivity contribution in [3.05, 3.63) is 28.3 Å². The molecule has 0 aliphatic carbocycles. The molecule has 0 atom stereocenters. The summed E-state index contributed by atoms with van der Waals surface area (Å²) in [5.74, 6) is -0.257. The van der Waals surface area contributed by atoms with E-state index in [1.54, 1.807) is 11.8 Å². The van der Waals surface area contributed by atoms with Crippen LogP contribution in [0.3, 0.4) is 0 Å². The lowest BCUT2D eigenvalue weighted by Crippen LogP contribution is -2.37. The van der Waals surface area contributed by atoms with Crippen molar-refractivity contribution in [2.24, 2.45) is 5.14 Å². The van der Waals surface area contributed by atoms with Gasteiger partial charge in [-0.05, 0) is 45.4 Å². The summed E-state index contributed by atoms with van der Waals surface area (Å²) in [6.07, 6.45) is 0. The maximum Gasteiger partial charge on any atom is 0.254 e. The van der Waals surface area contributed by atoms with E-state index in [0.717, 1.165) is 0 Å². The van der Waals surface area contributed by atoms with Crippen molar-refractivity contribution in [1.29, 1.82) is 0 Å². The predicted molar refractivity (Wildman–Crippen MR) is 79.4 cm³/mol. The second-order valence-electron chi connectivity index (χ2n) is 4.81. The van der Waals surface area contributed by atoms with Crippen molar-refractivity contribution in [3.8, 4) is 0 Å². The first-order valence-corrected chi connectivity index (χ1v) is 8.16. The quantitative estimate of drug-likeness (QED) is 0.923. The van der Waals surface area contributed by atoms with E-state index in [2.05, 4.69) is 0 Å². The number of carbonyl (C=O) groups is 1. The molecular weight excluding hydrogens is 300 g/mol. The van der Waals surface area contributed by atoms with Crippen molar-refractivity contribution in [1.82, 2.24) is 4.90 Å². The number of hydrogen-bond acceptors (Lipinski definition) is 3. The summed E-state index contributed by atoms with van der Waals surface area (Å²) in [5.41, 5.74) is 0.582. The molecule has 112 valence electrons. The summed E-state index contributed by atoms with van der Waals surface area (Å²) < 4.78 is 23.1. The van der Waals surface area contributed by atoms with E-state index in [0.29, 0.717) is 12.1 Å². The van der Waals surface area contributed by atoms with Crippen LogP contribution in [-0.2, 0) is 10.0 Å². The van der Waals surface area contributed by atoms with Gasteiger partial charge in [-0.2, -0.15) is 0 Å². The largest absolute Gasteiger partial charge is 0.336 e. The Bertz CT molecular complexity index is 627. The van der Waals surface area contributed by atoms with Gasteiger partial charge in [0, 0.05) is 23.2 Å². The molecule has 0 saturated carbocycles. The summed E-state index contributed by atoms with van der Waals surface area (Å²) in [6.45, 7) is 7.72. The number of rotatable bonds is 4. The zero-order valence-corrected chi connectivity index (χ0v) is 13.5. The number of hydrogen-bond donors (Lipinski definition) is 1. The Kier molecular flexibility index (Phi) is 5.18. The monoisotopic (exact) mass is 318 g/mol. The van der Waals surface area contributed by atoms with Crippen LogP contribution in [0.2, 0.25) is 5.02 Å². The molecule has 7 heteroatoms. The predicted octanol–water partition coefficient (Wildman–Crippen LogP) is 2.17. The number of benzene rings is 1. The molecule has 1 rings (SSSR count). The van der Waals surface area contributed by atoms with Crippen molar-refractivity contribution in [2.75, 3.05) is 6.54 Å². The van der Waals surface area contributed by atoms with Crippen LogP contribution in [0.25, 0.3) is 0 Å². The first-order valence-electron chi connectivity index (χ1n) is 6.23. The smallest absolute Gasteiger partial charge is 0.254 e. The van der Waals surface area contributed by atoms with E-state index < -0.39 is 10.0 Å². The molecular formula is C13H19ClN2O3S. The highest BCUT2D eigenvalue weighted by atomic mass is 35.5. The van der Waals surface area contributed by atoms with Crippen LogP contribution in [0.15, 0.2) is 17.0 Å². The van der Waals surface area contributed by atoms with Crippen molar-refractivity contribution < 1.29 is 13.2 Å². The number of carbonyl (C=O) groups excluding carboxylic acids is 1. The fraction of sp³-hybridized carbons (Fsp3) is 0.462. The van der Waals surface area contributed by atoms with Gasteiger partial charge in [0.05, 0.1) is 4.90 Å². The molecule has 0 aliphatic rings. The highest BCUT2D eigenvalue weighted by Crippen LogP contribution is 2.25. The molecule has 0 unspecified atom stereocenters. The van der Waals surface area contributed by atoms with Gasteiger partial charge in [0.2, 0.25) is 10.0 Å². The zero-order chi connectivity index (χ0) is 15.7. The molecule has 0 heterocycles. The van der Waals surface area contributed by atoms with Crippen molar-refractivity contribution in [2.45, 2.75) is 38.6 Å². The van der Waals surface area contributed by atoms with Crippen LogP contribution in [-0.4, -0.2) is 31.8 Å². The highest BCUT2D eigenvalue weighted by Gasteiger charge is 2.23. The summed E-state index contributed by atoms with van der Waals surface area (Å²) in [5, 5.41) is 5.32. The van der Waals surface area contributed by atoms with Crippen LogP contribution in [0.5, 0.6) is 0 Å². The van der Waals surface area contributed by atoms with E-state index in [4.69, 9.17) is 16.7 Å². The minimum absolute atomic E-state index is 0.00353. The van der Waals surface area contributed by atoms with Crippen LogP contribution in [0.1, 0.15) is 36.7 Å². The molecule has 0 radical (unpaired) electrons. The van der Waals surface area contributed by atoms with Crippen LogP contribution < -0.4 is 5.14 Å². The molecule has 0 fully saturated rings. The SMILES string of the molecule is CCN(C(=O)c1cc(Cl)cc(S(N)(=O)=O)c1C)C(C)C. The normalized spacial score (nSPS) is 11.8. The number of primary sulfonamides is 1. The standard InChI is InChI=1S/C13H19ClN2O3S/c1-5-16(8(2)3)13(17)11-6-10(14)7-12(9(11)4)20(15,18)19/h6-8H,5H2,1-4H3,(H2,15,18,19). The van der Waals surface area contributed by atoms with Gasteiger partial charge in [0.25, 0.3) is 5.91 Å². The Morgan fingerprint density at radius 3 is 2.35 bits per heavy atom. The van der Waals surface area contributed by atoms with E-state index >= 15 is 0 Å². The highest BCUT2D eigenvalue weighted by molar-refractivity contribution is 7.89. The minimum Gasteiger partial charge on any atom is -0.336 e. The average Bonchev–Trinajstić information content (AvgIpc) is 2.30. The van der Waals surface area contributed by atoms with Crippen LogP contribution in [0, 0.1) is 6.92 Å². The van der Waals surface area contributed by atoms with Gasteiger partial charge in [-0.15, -0.1) is 0 Å². The molecule has 0 aromatic heterocycles. The maximum absolute atomic E-state index is 12.5. The Morgan fingerprint density at radius 1 is 1.40 bits per heavy atom. The molecule has 0 spiro atoms. The number of halogens is 1. The summed E-state index contributed by atoms with van der Waals surface area (Å²) in [7, 11) is -3.92. The number of amides is 1. The minimum atomic E-state index is -3.92. The maximum atomic E-state index is 12.5. The first-order chi connectivity index (χ1) is 9.09. The Morgan fingerprint density at radius 2 is 1.95 bits per heavy atom. The lowest BCUT2D eigenvalue weighted by molar-refractivity contribution is 0.0716. The molecule has 1 aromatic rings. The third-order valence-corrected chi connectivity index (χ3v) is 4.34. The van der Waals surface area contributed by atoms with Gasteiger partial charge in [0.15, 0.2) is 0 Å². The summed E-state index contributed by atoms with van der Waals surface area (Å²) in [6, 6.07) is 2.73. The number of nitrogens with zero attached hydrogens (tertiary/aromatic N) is 1. The molecule has 0 bridgehead atoms. The number of sulfonamides is 1. The average molecular weight is 319 g/mol. The number of nitrogens with two attached hydrogens (primary N) is 1. The third kappa shape index (κ3) is 3.50. The van der Waals surface area contributed by atoms with E-state index in [-0.39, 0.29) is 27.4 Å². The lowest BCUT2D eigenvalue weighted by atomic mass is 10.1. The molecule has 0 aliphatic heterocycles. The van der Waals surface area contributed by atoms with E-state index in [1.807, 2.05) is 20.8 Å². The summed E-state index contributed by atoms with van der Waals surface area (Å²) in [4.78, 5) is 14.0. The van der Waals surface area contributed by atoms with Gasteiger partial charge in [-0.3, -0.25) is 4.79 Å². The zero-order valence-electron chi connectivity index (χ0n) is 12.0. The molecule has 5 nitrogen and oxygen atoms in total. The van der Waals surface area contributed by atoms with Gasteiger partial charge in [0.1, 0.15) is 0 Å². The third-order valence-electron chi connectivity index (χ3n) is 3.09. The molecule has 0 saturated heterocycles. The Balaban J connectivity index is 3.47. The molecule has 1 aromatic carbocycles. The molecule has 2 N–H and O–H groups in total. The summed E-state index contributed by atoms with van der Waals surface area (Å²) >= 11 is 5.91. The topological polar surface area (TPSA) is 80.5 Å². The van der Waals surface area contributed by atoms with E-state index in [1.165, 1.54) is 12.1 Å². The Labute approximate surface area is 124 Å². The fourth-order valence-corrected chi connectivity index (χ4v) is 3.18. The van der Waals surface area contributed by atoms with Gasteiger partial charge in [-0.1, -0.05) is 11.6 Å². The van der Waals surface area contributed by atoms with Gasteiger partial charge < -0.3 is 4.90 Å². The van der Waals surface area contributed by atoms with Gasteiger partial charge in [-0.25, -0.2) is 13.6 Å². The second-order valence-corrected chi connectivity index (χ2v) is 6.77. The van der Waals surface area contributed by atoms with Crippen LogP contribution in [0.4, 0.5) is 0 Å². The second kappa shape index (κ2) is 6.11. The van der Waals surface area contributed by atoms with Crippen LogP contribution >= 0.6 is 11.6 Å². The fourth-order valence-electron chi connectivity index (χ4n) is 2.07. The van der Waals surface area contributed by atoms with Gasteiger partial charge >= 0.3 is 0 Å². The lowest BCUT2D eigenvalue weighted by Gasteiger charge is -2.26. The van der Waals surface area contributed by atoms with E-state index in [9.17, 15) is 13.2 Å². The Hall–Kier alpha value is -1.11. The first kappa shape index (κ1) is 16.9. The van der Waals surface area contributed by atoms with Crippen molar-refractivity contribution >= 4 is 27.5 Å². The molecule has 20 heavy (non-hydrogen) atoms.